The molecule has 1 fully saturated rings. The van der Waals surface area contributed by atoms with Crippen LogP contribution < -0.4 is 0 Å². The van der Waals surface area contributed by atoms with Gasteiger partial charge in [-0.05, 0) is 19.9 Å². The highest BCUT2D eigenvalue weighted by Crippen LogP contribution is 2.20. The lowest BCUT2D eigenvalue weighted by Gasteiger charge is -2.34. The summed E-state index contributed by atoms with van der Waals surface area (Å²) in [5.74, 6) is -1.19. The van der Waals surface area contributed by atoms with Gasteiger partial charge in [0.25, 0.3) is 11.6 Å². The minimum Gasteiger partial charge on any atom is -0.462 e. The van der Waals surface area contributed by atoms with Gasteiger partial charge < -0.3 is 19.3 Å². The molecule has 0 unspecified atom stereocenters. The molecule has 10 heteroatoms. The maximum atomic E-state index is 12.7. The van der Waals surface area contributed by atoms with Gasteiger partial charge in [-0.25, -0.2) is 9.59 Å². The Bertz CT molecular complexity index is 742. The number of rotatable bonds is 5. The quantitative estimate of drug-likeness (QED) is 0.434. The Kier molecular flexibility index (Phi) is 6.69. The van der Waals surface area contributed by atoms with Gasteiger partial charge in [0.2, 0.25) is 0 Å². The summed E-state index contributed by atoms with van der Waals surface area (Å²) in [6, 6.07) is 3.49. The summed E-state index contributed by atoms with van der Waals surface area (Å²) in [5.41, 5.74) is -0.398. The Labute approximate surface area is 155 Å². The molecule has 2 amide bonds. The molecular weight excluding hydrogens is 358 g/mol. The van der Waals surface area contributed by atoms with Crippen LogP contribution in [-0.2, 0) is 9.47 Å². The summed E-state index contributed by atoms with van der Waals surface area (Å²) in [4.78, 5) is 49.8. The lowest BCUT2D eigenvalue weighted by Crippen LogP contribution is -2.50. The van der Waals surface area contributed by atoms with Crippen LogP contribution in [0.4, 0.5) is 10.5 Å². The Morgan fingerprint density at radius 1 is 0.963 bits per heavy atom. The fourth-order valence-corrected chi connectivity index (χ4v) is 2.66. The van der Waals surface area contributed by atoms with Gasteiger partial charge in [-0.2, -0.15) is 0 Å². The van der Waals surface area contributed by atoms with E-state index in [9.17, 15) is 24.5 Å². The van der Waals surface area contributed by atoms with Crippen LogP contribution in [0.1, 0.15) is 34.6 Å². The van der Waals surface area contributed by atoms with Gasteiger partial charge in [0.05, 0.1) is 23.7 Å². The van der Waals surface area contributed by atoms with Crippen LogP contribution in [0, 0.1) is 10.1 Å². The van der Waals surface area contributed by atoms with E-state index >= 15 is 0 Å². The molecule has 1 saturated heterocycles. The first-order valence-corrected chi connectivity index (χ1v) is 8.55. The average Bonchev–Trinajstić information content (AvgIpc) is 2.67. The molecule has 146 valence electrons. The summed E-state index contributed by atoms with van der Waals surface area (Å²) in [6.07, 6.45) is -0.440. The average molecular weight is 379 g/mol. The highest BCUT2D eigenvalue weighted by atomic mass is 16.6. The lowest BCUT2D eigenvalue weighted by atomic mass is 10.1. The van der Waals surface area contributed by atoms with Gasteiger partial charge in [-0.3, -0.25) is 14.9 Å². The first-order chi connectivity index (χ1) is 12.9. The molecule has 0 bridgehead atoms. The number of non-ortho nitro benzene ring substituents is 1. The van der Waals surface area contributed by atoms with Crippen molar-refractivity contribution in [3.8, 4) is 0 Å². The molecular formula is C17H21N3O7. The van der Waals surface area contributed by atoms with Crippen molar-refractivity contribution in [2.75, 3.05) is 39.4 Å². The summed E-state index contributed by atoms with van der Waals surface area (Å²) in [6.45, 7) is 4.81. The minimum atomic E-state index is -0.734. The monoisotopic (exact) mass is 379 g/mol. The maximum absolute atomic E-state index is 12.7. The van der Waals surface area contributed by atoms with E-state index < -0.39 is 22.9 Å². The van der Waals surface area contributed by atoms with Gasteiger partial charge in [-0.1, -0.05) is 0 Å². The number of carbonyl (C=O) groups is 3. The zero-order valence-corrected chi connectivity index (χ0v) is 15.2. The van der Waals surface area contributed by atoms with E-state index in [0.29, 0.717) is 13.1 Å². The molecule has 0 spiro atoms. The summed E-state index contributed by atoms with van der Waals surface area (Å²) < 4.78 is 9.79. The lowest BCUT2D eigenvalue weighted by molar-refractivity contribution is -0.384. The number of ether oxygens (including phenoxy) is 2. The van der Waals surface area contributed by atoms with Crippen molar-refractivity contribution >= 4 is 23.7 Å². The van der Waals surface area contributed by atoms with Crippen molar-refractivity contribution in [3.63, 3.8) is 0 Å². The second kappa shape index (κ2) is 8.97. The Balaban J connectivity index is 2.17. The molecule has 0 aliphatic carbocycles. The first kappa shape index (κ1) is 20.1. The number of carbonyl (C=O) groups excluding carboxylic acids is 3. The SMILES string of the molecule is CCOC(=O)c1cc(C(=O)N2CCN(C(=O)OCC)CC2)cc([N+](=O)[O-])c1. The highest BCUT2D eigenvalue weighted by Gasteiger charge is 2.27. The second-order valence-electron chi connectivity index (χ2n) is 5.72. The predicted octanol–water partition coefficient (Wildman–Crippen LogP) is 1.69. The highest BCUT2D eigenvalue weighted by molar-refractivity contribution is 5.99. The van der Waals surface area contributed by atoms with Crippen molar-refractivity contribution in [3.05, 3.63) is 39.4 Å². The molecule has 2 rings (SSSR count). The molecule has 0 aromatic heterocycles. The zero-order chi connectivity index (χ0) is 20.0. The zero-order valence-electron chi connectivity index (χ0n) is 15.2. The van der Waals surface area contributed by atoms with Crippen molar-refractivity contribution in [2.45, 2.75) is 13.8 Å². The Hall–Kier alpha value is -3.17. The number of nitro groups is 1. The Morgan fingerprint density at radius 3 is 2.07 bits per heavy atom. The predicted molar refractivity (Wildman–Crippen MR) is 93.6 cm³/mol. The van der Waals surface area contributed by atoms with Gasteiger partial charge in [0, 0.05) is 43.9 Å². The van der Waals surface area contributed by atoms with E-state index in [4.69, 9.17) is 9.47 Å². The van der Waals surface area contributed by atoms with Gasteiger partial charge in [0.15, 0.2) is 0 Å². The van der Waals surface area contributed by atoms with Crippen molar-refractivity contribution < 1.29 is 28.8 Å². The number of nitro benzene ring substituents is 1. The minimum absolute atomic E-state index is 0.0248. The number of hydrogen-bond donors (Lipinski definition) is 0. The van der Waals surface area contributed by atoms with E-state index in [0.717, 1.165) is 12.1 Å². The molecule has 0 N–H and O–H groups in total. The van der Waals surface area contributed by atoms with Crippen LogP contribution in [0.25, 0.3) is 0 Å². The van der Waals surface area contributed by atoms with Gasteiger partial charge in [0.1, 0.15) is 0 Å². The summed E-state index contributed by atoms with van der Waals surface area (Å²) in [5, 5.41) is 11.1. The molecule has 10 nitrogen and oxygen atoms in total. The fraction of sp³-hybridized carbons (Fsp3) is 0.471. The molecule has 1 aliphatic rings. The number of piperazine rings is 1. The maximum Gasteiger partial charge on any atom is 0.409 e. The number of esters is 1. The van der Waals surface area contributed by atoms with Gasteiger partial charge in [-0.15, -0.1) is 0 Å². The molecule has 0 atom stereocenters. The molecule has 0 radical (unpaired) electrons. The first-order valence-electron chi connectivity index (χ1n) is 8.55. The van der Waals surface area contributed by atoms with Crippen LogP contribution in [0.5, 0.6) is 0 Å². The molecule has 1 aliphatic heterocycles. The normalized spacial score (nSPS) is 13.9. The van der Waals surface area contributed by atoms with Crippen molar-refractivity contribution in [2.24, 2.45) is 0 Å². The van der Waals surface area contributed by atoms with Crippen molar-refractivity contribution in [1.82, 2.24) is 9.80 Å². The molecule has 1 heterocycles. The Morgan fingerprint density at radius 2 is 1.52 bits per heavy atom. The fourth-order valence-electron chi connectivity index (χ4n) is 2.66. The third-order valence-electron chi connectivity index (χ3n) is 3.98. The third kappa shape index (κ3) is 4.93. The number of nitrogens with zero attached hydrogens (tertiary/aromatic N) is 3. The summed E-state index contributed by atoms with van der Waals surface area (Å²) in [7, 11) is 0. The van der Waals surface area contributed by atoms with E-state index in [-0.39, 0.29) is 43.1 Å². The van der Waals surface area contributed by atoms with Crippen molar-refractivity contribution in [1.29, 1.82) is 0 Å². The van der Waals surface area contributed by atoms with Crippen LogP contribution in [-0.4, -0.2) is 72.1 Å². The molecule has 27 heavy (non-hydrogen) atoms. The summed E-state index contributed by atoms with van der Waals surface area (Å²) >= 11 is 0. The van der Waals surface area contributed by atoms with Crippen LogP contribution in [0.2, 0.25) is 0 Å². The molecule has 0 saturated carbocycles. The van der Waals surface area contributed by atoms with Crippen LogP contribution in [0.3, 0.4) is 0 Å². The number of benzene rings is 1. The van der Waals surface area contributed by atoms with Gasteiger partial charge >= 0.3 is 12.1 Å². The van der Waals surface area contributed by atoms with E-state index in [1.165, 1.54) is 15.9 Å². The van der Waals surface area contributed by atoms with E-state index in [1.54, 1.807) is 13.8 Å². The van der Waals surface area contributed by atoms with Crippen LogP contribution in [0.15, 0.2) is 18.2 Å². The van der Waals surface area contributed by atoms with E-state index in [2.05, 4.69) is 0 Å². The topological polar surface area (TPSA) is 119 Å². The smallest absolute Gasteiger partial charge is 0.409 e. The van der Waals surface area contributed by atoms with Crippen LogP contribution >= 0.6 is 0 Å². The number of hydrogen-bond acceptors (Lipinski definition) is 7. The third-order valence-corrected chi connectivity index (χ3v) is 3.98. The molecule has 1 aromatic carbocycles. The van der Waals surface area contributed by atoms with E-state index in [1.807, 2.05) is 0 Å². The standard InChI is InChI=1S/C17H21N3O7/c1-3-26-16(22)13-9-12(10-14(11-13)20(24)25)15(21)18-5-7-19(8-6-18)17(23)27-4-2/h9-11H,3-8H2,1-2H3. The largest absolute Gasteiger partial charge is 0.462 e. The molecule has 1 aromatic rings. The second-order valence-corrected chi connectivity index (χ2v) is 5.72. The number of amides is 2.